The van der Waals surface area contributed by atoms with Gasteiger partial charge in [-0.05, 0) is 148 Å². The number of hydrogen-bond acceptors (Lipinski definition) is 2. The molecule has 0 unspecified atom stereocenters. The quantitative estimate of drug-likeness (QED) is 0.126. The van der Waals surface area contributed by atoms with Gasteiger partial charge in [0.05, 0.1) is 51.3 Å². The van der Waals surface area contributed by atoms with Gasteiger partial charge >= 0.3 is 0 Å². The van der Waals surface area contributed by atoms with E-state index in [1.165, 1.54) is 0 Å². The van der Waals surface area contributed by atoms with Crippen LogP contribution in [0.1, 0.15) is 66.4 Å². The lowest BCUT2D eigenvalue weighted by atomic mass is 9.33. The topological polar surface area (TPSA) is 11.4 Å². The fraction of sp³-hybridized carbons (Fsp3) is 0.0526. The molecule has 4 heteroatoms. The first-order valence-electron chi connectivity index (χ1n) is 40.1. The second-order valence-corrected chi connectivity index (χ2v) is 26.9. The smallest absolute Gasteiger partial charge is 0.252 e. The average Bonchev–Trinajstić information content (AvgIpc) is 1.18. The molecule has 466 valence electrons. The van der Waals surface area contributed by atoms with E-state index in [-0.39, 0.29) is 44.9 Å². The number of fused-ring (bicyclic) bond motifs is 10. The lowest BCUT2D eigenvalue weighted by molar-refractivity contribution is 0.590. The third kappa shape index (κ3) is 9.06. The summed E-state index contributed by atoms with van der Waals surface area (Å²) in [6, 6.07) is 90.3. The monoisotopic (exact) mass is 1270 g/mol. The molecule has 0 spiro atoms. The van der Waals surface area contributed by atoms with E-state index < -0.39 is 78.6 Å². The minimum atomic E-state index is -0.840. The third-order valence-electron chi connectivity index (χ3n) is 20.5. The van der Waals surface area contributed by atoms with Gasteiger partial charge in [0, 0.05) is 50.2 Å². The van der Waals surface area contributed by atoms with E-state index >= 15 is 0 Å². The van der Waals surface area contributed by atoms with Gasteiger partial charge in [-0.3, -0.25) is 0 Å². The zero-order valence-corrected chi connectivity index (χ0v) is 54.5. The summed E-state index contributed by atoms with van der Waals surface area (Å²) in [6.45, 7) is 5.81. The fourth-order valence-corrected chi connectivity index (χ4v) is 16.3. The van der Waals surface area contributed by atoms with E-state index in [1.54, 1.807) is 4.57 Å². The zero-order chi connectivity index (χ0) is 77.2. The Kier molecular flexibility index (Phi) is 10.7. The molecule has 0 bridgehead atoms. The standard InChI is InChI=1S/C95H68BN3/c1-94(2,3)71-54-57-86(80(60-71)66-36-16-7-17-37-66)98-88-59-68(73-45-28-48-79-76-42-22-25-49-81(76)95(91(73)79,69-38-18-8-19-39-69)70-40-20-9-21-41-70)52-55-82(88)96-83-58-67(63-30-10-4-11-31-63)53-56-87(83)99(93-74(64-32-12-5-13-33-64)46-29-47-75(93)65-34-14-6-15-35-65)90-62-72(61-89(98)92(90)96)97-84-50-26-23-43-77(84)78-44-24-27-51-85(78)97/h4-62H,1-3H3/i4D,10D,11D,23D,24D,26D,27D,30D,31D,43D,44D,50D,51D. The summed E-state index contributed by atoms with van der Waals surface area (Å²) in [6.07, 6.45) is 0. The predicted molar refractivity (Wildman–Crippen MR) is 418 cm³/mol. The largest absolute Gasteiger partial charge is 0.311 e. The molecule has 0 radical (unpaired) electrons. The lowest BCUT2D eigenvalue weighted by Crippen LogP contribution is -2.61. The van der Waals surface area contributed by atoms with Gasteiger partial charge in [-0.25, -0.2) is 0 Å². The third-order valence-corrected chi connectivity index (χ3v) is 20.5. The van der Waals surface area contributed by atoms with Crippen LogP contribution in [0.4, 0.5) is 34.1 Å². The highest BCUT2D eigenvalue weighted by atomic mass is 15.2. The normalized spacial score (nSPS) is 15.1. The van der Waals surface area contributed by atoms with Crippen LogP contribution in [0.3, 0.4) is 0 Å². The Labute approximate surface area is 597 Å². The first-order chi connectivity index (χ1) is 54.2. The van der Waals surface area contributed by atoms with Crippen LogP contribution in [0.5, 0.6) is 0 Å². The van der Waals surface area contributed by atoms with E-state index in [1.807, 2.05) is 91.0 Å². The molecular formula is C95H68BN3. The van der Waals surface area contributed by atoms with Crippen molar-refractivity contribution in [1.82, 2.24) is 4.57 Å². The number of para-hydroxylation sites is 3. The maximum absolute atomic E-state index is 10.1. The maximum Gasteiger partial charge on any atom is 0.252 e. The van der Waals surface area contributed by atoms with E-state index in [4.69, 9.17) is 4.11 Å². The number of anilines is 6. The van der Waals surface area contributed by atoms with E-state index in [2.05, 4.69) is 219 Å². The van der Waals surface area contributed by atoms with Crippen molar-refractivity contribution >= 4 is 79.0 Å². The fourth-order valence-electron chi connectivity index (χ4n) is 16.3. The molecule has 0 saturated carbocycles. The summed E-state index contributed by atoms with van der Waals surface area (Å²) in [5.74, 6) is 0. The molecule has 99 heavy (non-hydrogen) atoms. The van der Waals surface area contributed by atoms with Crippen molar-refractivity contribution < 1.29 is 17.8 Å². The predicted octanol–water partition coefficient (Wildman–Crippen LogP) is 22.9. The SMILES string of the molecule is [2H]c1c([2H])c([2H])c(-c2ccc3c(c2)B2c4ccc(-c5cccc6c5C(c5ccccc5)(c5ccccc5)c5ccccc5-6)cc4N(c4ccc(C(C)(C)C)cc4-c4ccccc4)c4cc(-n5c6c([2H])c([2H])c([2H])c([2H])c6c6c([2H])c([2H])c([2H])c([2H])c65)cc(c42)N3c2c(-c3ccccc3)cccc2-c2ccccc2)c([2H])c1[2H]. The lowest BCUT2D eigenvalue weighted by Gasteiger charge is -2.46. The molecule has 1 aromatic heterocycles. The van der Waals surface area contributed by atoms with Gasteiger partial charge in [0.15, 0.2) is 0 Å². The van der Waals surface area contributed by atoms with Crippen LogP contribution in [0, 0.1) is 0 Å². The molecule has 15 aromatic carbocycles. The molecule has 1 aliphatic carbocycles. The van der Waals surface area contributed by atoms with Crippen molar-refractivity contribution in [1.29, 1.82) is 0 Å². The van der Waals surface area contributed by atoms with Crippen LogP contribution in [0.2, 0.25) is 0 Å². The highest BCUT2D eigenvalue weighted by molar-refractivity contribution is 7.00. The van der Waals surface area contributed by atoms with Gasteiger partial charge < -0.3 is 14.4 Å². The van der Waals surface area contributed by atoms with Crippen molar-refractivity contribution in [3.05, 3.63) is 385 Å². The molecule has 0 N–H and O–H groups in total. The summed E-state index contributed by atoms with van der Waals surface area (Å²) >= 11 is 0. The molecule has 19 rings (SSSR count). The number of nitrogens with zero attached hydrogens (tertiary/aromatic N) is 3. The van der Waals surface area contributed by atoms with Crippen LogP contribution >= 0.6 is 0 Å². The second-order valence-electron chi connectivity index (χ2n) is 26.9. The van der Waals surface area contributed by atoms with Gasteiger partial charge in [-0.1, -0.05) is 330 Å². The van der Waals surface area contributed by atoms with Gasteiger partial charge in [-0.2, -0.15) is 0 Å². The molecule has 2 aliphatic heterocycles. The summed E-state index contributed by atoms with van der Waals surface area (Å²) in [5.41, 5.74) is 20.5. The van der Waals surface area contributed by atoms with Gasteiger partial charge in [-0.15, -0.1) is 0 Å². The number of benzene rings is 15. The number of aromatic nitrogens is 1. The van der Waals surface area contributed by atoms with Gasteiger partial charge in [0.25, 0.3) is 6.71 Å². The Hall–Kier alpha value is -12.2. The minimum Gasteiger partial charge on any atom is -0.311 e. The van der Waals surface area contributed by atoms with Gasteiger partial charge in [0.1, 0.15) is 0 Å². The van der Waals surface area contributed by atoms with E-state index in [9.17, 15) is 13.7 Å². The maximum atomic E-state index is 10.1. The van der Waals surface area contributed by atoms with Crippen LogP contribution in [-0.4, -0.2) is 11.3 Å². The molecule has 0 fully saturated rings. The van der Waals surface area contributed by atoms with E-state index in [0.717, 1.165) is 117 Å². The van der Waals surface area contributed by atoms with Crippen LogP contribution in [-0.2, 0) is 10.8 Å². The molecule has 3 nitrogen and oxygen atoms in total. The van der Waals surface area contributed by atoms with Gasteiger partial charge in [0.2, 0.25) is 0 Å². The highest BCUT2D eigenvalue weighted by Crippen LogP contribution is 2.60. The number of hydrogen-bond donors (Lipinski definition) is 0. The van der Waals surface area contributed by atoms with Crippen LogP contribution < -0.4 is 26.2 Å². The van der Waals surface area contributed by atoms with Crippen molar-refractivity contribution in [2.45, 2.75) is 31.6 Å². The van der Waals surface area contributed by atoms with Crippen LogP contribution in [0.15, 0.2) is 358 Å². The molecular weight excluding hydrogens is 1190 g/mol. The molecule has 0 amide bonds. The van der Waals surface area contributed by atoms with Crippen molar-refractivity contribution in [2.24, 2.45) is 0 Å². The zero-order valence-electron chi connectivity index (χ0n) is 67.5. The Morgan fingerprint density at radius 3 is 1.45 bits per heavy atom. The first-order valence-corrected chi connectivity index (χ1v) is 33.6. The molecule has 3 heterocycles. The van der Waals surface area contributed by atoms with Crippen LogP contribution in [0.25, 0.3) is 94.3 Å². The Morgan fingerprint density at radius 2 is 0.838 bits per heavy atom. The molecule has 0 saturated heterocycles. The van der Waals surface area contributed by atoms with Crippen molar-refractivity contribution in [3.63, 3.8) is 0 Å². The summed E-state index contributed by atoms with van der Waals surface area (Å²) in [7, 11) is 0. The second kappa shape index (κ2) is 23.0. The first kappa shape index (κ1) is 46.0. The molecule has 0 atom stereocenters. The Bertz CT molecular complexity index is 6460. The number of rotatable bonds is 10. The molecule has 3 aliphatic rings. The molecule has 16 aromatic rings. The van der Waals surface area contributed by atoms with Crippen molar-refractivity contribution in [2.75, 3.05) is 9.80 Å². The Morgan fingerprint density at radius 1 is 0.333 bits per heavy atom. The summed E-state index contributed by atoms with van der Waals surface area (Å²) in [4.78, 5) is 4.55. The van der Waals surface area contributed by atoms with E-state index in [0.29, 0.717) is 28.3 Å². The minimum absolute atomic E-state index is 0.0237. The highest BCUT2D eigenvalue weighted by Gasteiger charge is 2.49. The Balaban J connectivity index is 1.03. The van der Waals surface area contributed by atoms with Crippen molar-refractivity contribution in [3.8, 4) is 72.4 Å². The summed E-state index contributed by atoms with van der Waals surface area (Å²) in [5, 5.41) is -0.146. The summed E-state index contributed by atoms with van der Waals surface area (Å²) < 4.78 is 125. The average molecular weight is 1280 g/mol.